The number of nitrogens with one attached hydrogen (secondary N) is 1. The van der Waals surface area contributed by atoms with Gasteiger partial charge in [-0.2, -0.15) is 0 Å². The van der Waals surface area contributed by atoms with Gasteiger partial charge in [-0.05, 0) is 6.54 Å². The zero-order valence-corrected chi connectivity index (χ0v) is 10.8. The van der Waals surface area contributed by atoms with Crippen LogP contribution in [0.1, 0.15) is 24.5 Å². The Morgan fingerprint density at radius 1 is 1.28 bits per heavy atom. The van der Waals surface area contributed by atoms with Crippen molar-refractivity contribution in [3.8, 4) is 5.88 Å². The molecule has 1 N–H and O–H groups in total. The van der Waals surface area contributed by atoms with Gasteiger partial charge in [-0.15, -0.1) is 0 Å². The Balaban J connectivity index is 2.45. The van der Waals surface area contributed by atoms with Gasteiger partial charge in [0.1, 0.15) is 17.6 Å². The van der Waals surface area contributed by atoms with Gasteiger partial charge in [0.2, 0.25) is 5.88 Å². The lowest BCUT2D eigenvalue weighted by atomic mass is 10.2. The third kappa shape index (κ3) is 2.33. The molecule has 2 aromatic rings. The van der Waals surface area contributed by atoms with Crippen molar-refractivity contribution in [3.63, 3.8) is 0 Å². The average molecular weight is 247 g/mol. The molecule has 0 radical (unpaired) electrons. The van der Waals surface area contributed by atoms with Gasteiger partial charge in [-0.25, -0.2) is 9.97 Å². The first-order valence-electron chi connectivity index (χ1n) is 5.83. The zero-order valence-electron chi connectivity index (χ0n) is 10.8. The molecule has 2 aromatic heterocycles. The summed E-state index contributed by atoms with van der Waals surface area (Å²) < 4.78 is 7.22. The van der Waals surface area contributed by atoms with Crippen LogP contribution in [-0.4, -0.2) is 33.2 Å². The Morgan fingerprint density at radius 2 is 2.06 bits per heavy atom. The molecule has 0 bridgehead atoms. The highest BCUT2D eigenvalue weighted by molar-refractivity contribution is 5.26. The highest BCUT2D eigenvalue weighted by Crippen LogP contribution is 2.24. The number of rotatable bonds is 5. The topological polar surface area (TPSA) is 64.9 Å². The van der Waals surface area contributed by atoms with Crippen LogP contribution in [0.2, 0.25) is 0 Å². The first-order chi connectivity index (χ1) is 8.77. The standard InChI is InChI=1S/C12H17N5O/c1-4-13-9(11-15-7-8-17(11)2)10-12(18-3)16-6-5-14-10/h5-9,13H,4H2,1-3H3. The van der Waals surface area contributed by atoms with Crippen LogP contribution in [0.15, 0.2) is 24.8 Å². The van der Waals surface area contributed by atoms with Crippen molar-refractivity contribution in [2.75, 3.05) is 13.7 Å². The molecule has 0 saturated heterocycles. The van der Waals surface area contributed by atoms with E-state index in [4.69, 9.17) is 4.74 Å². The monoisotopic (exact) mass is 247 g/mol. The average Bonchev–Trinajstić information content (AvgIpc) is 2.82. The summed E-state index contributed by atoms with van der Waals surface area (Å²) in [6.45, 7) is 2.84. The van der Waals surface area contributed by atoms with E-state index in [9.17, 15) is 0 Å². The smallest absolute Gasteiger partial charge is 0.237 e. The number of imidazole rings is 1. The fourth-order valence-corrected chi connectivity index (χ4v) is 1.86. The van der Waals surface area contributed by atoms with Crippen molar-refractivity contribution in [3.05, 3.63) is 36.3 Å². The summed E-state index contributed by atoms with van der Waals surface area (Å²) in [5, 5.41) is 3.35. The maximum atomic E-state index is 5.26. The summed E-state index contributed by atoms with van der Waals surface area (Å²) >= 11 is 0. The summed E-state index contributed by atoms with van der Waals surface area (Å²) in [5.74, 6) is 1.40. The number of hydrogen-bond acceptors (Lipinski definition) is 5. The molecule has 2 rings (SSSR count). The normalized spacial score (nSPS) is 12.4. The maximum Gasteiger partial charge on any atom is 0.237 e. The fourth-order valence-electron chi connectivity index (χ4n) is 1.86. The van der Waals surface area contributed by atoms with Crippen molar-refractivity contribution in [1.29, 1.82) is 0 Å². The van der Waals surface area contributed by atoms with E-state index in [1.54, 1.807) is 25.7 Å². The molecule has 0 fully saturated rings. The van der Waals surface area contributed by atoms with E-state index in [0.29, 0.717) is 5.88 Å². The fraction of sp³-hybridized carbons (Fsp3) is 0.417. The summed E-state index contributed by atoms with van der Waals surface area (Å²) in [4.78, 5) is 12.9. The first-order valence-corrected chi connectivity index (χ1v) is 5.83. The number of aryl methyl sites for hydroxylation is 1. The number of aromatic nitrogens is 4. The minimum Gasteiger partial charge on any atom is -0.480 e. The molecule has 2 heterocycles. The lowest BCUT2D eigenvalue weighted by molar-refractivity contribution is 0.381. The van der Waals surface area contributed by atoms with Gasteiger partial charge in [0.25, 0.3) is 0 Å². The molecule has 0 saturated carbocycles. The molecule has 1 unspecified atom stereocenters. The van der Waals surface area contributed by atoms with Crippen LogP contribution in [0, 0.1) is 0 Å². The van der Waals surface area contributed by atoms with E-state index in [-0.39, 0.29) is 6.04 Å². The van der Waals surface area contributed by atoms with Crippen LogP contribution >= 0.6 is 0 Å². The Bertz CT molecular complexity index is 511. The van der Waals surface area contributed by atoms with E-state index in [0.717, 1.165) is 18.1 Å². The van der Waals surface area contributed by atoms with Gasteiger partial charge in [-0.1, -0.05) is 6.92 Å². The quantitative estimate of drug-likeness (QED) is 0.851. The van der Waals surface area contributed by atoms with Gasteiger partial charge in [0.15, 0.2) is 0 Å². The summed E-state index contributed by atoms with van der Waals surface area (Å²) in [7, 11) is 3.55. The van der Waals surface area contributed by atoms with E-state index in [2.05, 4.69) is 20.3 Å². The van der Waals surface area contributed by atoms with Gasteiger partial charge in [-0.3, -0.25) is 4.98 Å². The molecule has 0 aromatic carbocycles. The first kappa shape index (κ1) is 12.5. The van der Waals surface area contributed by atoms with Crippen LogP contribution in [0.5, 0.6) is 5.88 Å². The van der Waals surface area contributed by atoms with E-state index in [1.807, 2.05) is 24.7 Å². The van der Waals surface area contributed by atoms with Crippen molar-refractivity contribution >= 4 is 0 Å². The minimum atomic E-state index is -0.126. The van der Waals surface area contributed by atoms with Crippen molar-refractivity contribution in [2.24, 2.45) is 7.05 Å². The van der Waals surface area contributed by atoms with Crippen molar-refractivity contribution in [1.82, 2.24) is 24.8 Å². The number of methoxy groups -OCH3 is 1. The summed E-state index contributed by atoms with van der Waals surface area (Å²) in [6, 6.07) is -0.126. The molecule has 0 aliphatic carbocycles. The Kier molecular flexibility index (Phi) is 3.88. The molecule has 6 nitrogen and oxygen atoms in total. The molecule has 1 atom stereocenters. The Hall–Kier alpha value is -1.95. The number of hydrogen-bond donors (Lipinski definition) is 1. The Labute approximate surface area is 106 Å². The summed E-state index contributed by atoms with van der Waals surface area (Å²) in [6.07, 6.45) is 6.94. The molecule has 0 aliphatic heterocycles. The SMILES string of the molecule is CCNC(c1nccnc1OC)c1nccn1C. The highest BCUT2D eigenvalue weighted by Gasteiger charge is 2.22. The molecule has 0 amide bonds. The van der Waals surface area contributed by atoms with Gasteiger partial charge in [0, 0.05) is 31.8 Å². The second-order valence-electron chi connectivity index (χ2n) is 3.84. The van der Waals surface area contributed by atoms with Gasteiger partial charge >= 0.3 is 0 Å². The highest BCUT2D eigenvalue weighted by atomic mass is 16.5. The molecule has 0 spiro atoms. The third-order valence-corrected chi connectivity index (χ3v) is 2.68. The number of nitrogens with zero attached hydrogens (tertiary/aromatic N) is 4. The van der Waals surface area contributed by atoms with Crippen molar-refractivity contribution < 1.29 is 4.74 Å². The number of ether oxygens (including phenoxy) is 1. The van der Waals surface area contributed by atoms with Crippen LogP contribution in [0.25, 0.3) is 0 Å². The maximum absolute atomic E-state index is 5.26. The Morgan fingerprint density at radius 3 is 2.67 bits per heavy atom. The second-order valence-corrected chi connectivity index (χ2v) is 3.84. The largest absolute Gasteiger partial charge is 0.480 e. The molecular weight excluding hydrogens is 230 g/mol. The van der Waals surface area contributed by atoms with E-state index < -0.39 is 0 Å². The molecule has 96 valence electrons. The van der Waals surface area contributed by atoms with Crippen LogP contribution in [0.3, 0.4) is 0 Å². The van der Waals surface area contributed by atoms with Crippen LogP contribution < -0.4 is 10.1 Å². The van der Waals surface area contributed by atoms with Crippen LogP contribution in [0.4, 0.5) is 0 Å². The summed E-state index contributed by atoms with van der Waals surface area (Å²) in [5.41, 5.74) is 0.746. The van der Waals surface area contributed by atoms with E-state index in [1.165, 1.54) is 0 Å². The van der Waals surface area contributed by atoms with Crippen molar-refractivity contribution in [2.45, 2.75) is 13.0 Å². The lowest BCUT2D eigenvalue weighted by Crippen LogP contribution is -2.26. The third-order valence-electron chi connectivity index (χ3n) is 2.68. The molecule has 6 heteroatoms. The predicted octanol–water partition coefficient (Wildman–Crippen LogP) is 0.918. The zero-order chi connectivity index (χ0) is 13.0. The van der Waals surface area contributed by atoms with Crippen LogP contribution in [-0.2, 0) is 7.05 Å². The van der Waals surface area contributed by atoms with E-state index >= 15 is 0 Å². The minimum absolute atomic E-state index is 0.126. The molecular formula is C12H17N5O. The predicted molar refractivity (Wildman–Crippen MR) is 67.3 cm³/mol. The second kappa shape index (κ2) is 5.59. The van der Waals surface area contributed by atoms with Gasteiger partial charge < -0.3 is 14.6 Å². The lowest BCUT2D eigenvalue weighted by Gasteiger charge is -2.18. The molecule has 18 heavy (non-hydrogen) atoms. The van der Waals surface area contributed by atoms with Gasteiger partial charge in [0.05, 0.1) is 7.11 Å². The molecule has 0 aliphatic rings.